The zero-order valence-corrected chi connectivity index (χ0v) is 17.4. The van der Waals surface area contributed by atoms with Crippen LogP contribution in [0.4, 0.5) is 5.69 Å². The van der Waals surface area contributed by atoms with Crippen molar-refractivity contribution < 1.29 is 9.59 Å². The number of hydrogen-bond acceptors (Lipinski definition) is 4. The van der Waals surface area contributed by atoms with Gasteiger partial charge in [0.25, 0.3) is 11.5 Å². The van der Waals surface area contributed by atoms with E-state index in [9.17, 15) is 14.4 Å². The zero-order chi connectivity index (χ0) is 21.8. The number of benzene rings is 2. The van der Waals surface area contributed by atoms with Crippen LogP contribution in [0.1, 0.15) is 33.6 Å². The van der Waals surface area contributed by atoms with Crippen LogP contribution in [0.3, 0.4) is 0 Å². The maximum atomic E-state index is 13.0. The van der Waals surface area contributed by atoms with Crippen LogP contribution in [0.15, 0.2) is 65.5 Å². The van der Waals surface area contributed by atoms with E-state index in [0.29, 0.717) is 13.1 Å². The van der Waals surface area contributed by atoms with Crippen molar-refractivity contribution in [2.75, 3.05) is 11.4 Å². The van der Waals surface area contributed by atoms with Gasteiger partial charge in [0, 0.05) is 31.3 Å². The molecule has 1 aromatic heterocycles. The van der Waals surface area contributed by atoms with Crippen molar-refractivity contribution in [2.24, 2.45) is 0 Å². The van der Waals surface area contributed by atoms with E-state index in [2.05, 4.69) is 10.4 Å². The number of carbonyl (C=O) groups is 2. The molecule has 7 nitrogen and oxygen atoms in total. The van der Waals surface area contributed by atoms with Gasteiger partial charge in [-0.05, 0) is 36.6 Å². The highest BCUT2D eigenvalue weighted by atomic mass is 16.2. The third-order valence-corrected chi connectivity index (χ3v) is 5.38. The first-order valence-electron chi connectivity index (χ1n) is 10.3. The number of carbonyl (C=O) groups excluding carboxylic acids is 2. The third-order valence-electron chi connectivity index (χ3n) is 5.38. The Bertz CT molecular complexity index is 1170. The Morgan fingerprint density at radius 3 is 2.61 bits per heavy atom. The molecule has 0 fully saturated rings. The van der Waals surface area contributed by atoms with Crippen molar-refractivity contribution in [3.63, 3.8) is 0 Å². The SMILES string of the molecule is Cc1ccc(CNC(=O)CCn2nc(C(=O)N3CCc4ccccc43)ccc2=O)cc1. The smallest absolute Gasteiger partial charge is 0.278 e. The van der Waals surface area contributed by atoms with Gasteiger partial charge in [0.15, 0.2) is 0 Å². The molecule has 0 bridgehead atoms. The lowest BCUT2D eigenvalue weighted by Crippen LogP contribution is -2.33. The maximum absolute atomic E-state index is 13.0. The van der Waals surface area contributed by atoms with Crippen LogP contribution in [0.2, 0.25) is 0 Å². The highest BCUT2D eigenvalue weighted by Gasteiger charge is 2.26. The molecule has 0 unspecified atom stereocenters. The first kappa shape index (κ1) is 20.5. The monoisotopic (exact) mass is 416 g/mol. The number of hydrogen-bond donors (Lipinski definition) is 1. The average Bonchev–Trinajstić information content (AvgIpc) is 3.22. The number of nitrogens with one attached hydrogen (secondary N) is 1. The molecular formula is C24H24N4O3. The fourth-order valence-corrected chi connectivity index (χ4v) is 3.61. The van der Waals surface area contributed by atoms with Crippen molar-refractivity contribution in [3.05, 3.63) is 93.4 Å². The molecule has 0 saturated heterocycles. The maximum Gasteiger partial charge on any atom is 0.278 e. The van der Waals surface area contributed by atoms with Crippen LogP contribution < -0.4 is 15.8 Å². The van der Waals surface area contributed by atoms with E-state index in [1.165, 1.54) is 16.8 Å². The van der Waals surface area contributed by atoms with Gasteiger partial charge in [-0.2, -0.15) is 5.10 Å². The van der Waals surface area contributed by atoms with Crippen molar-refractivity contribution in [3.8, 4) is 0 Å². The molecule has 0 saturated carbocycles. The normalized spacial score (nSPS) is 12.5. The highest BCUT2D eigenvalue weighted by Crippen LogP contribution is 2.28. The highest BCUT2D eigenvalue weighted by molar-refractivity contribution is 6.05. The van der Waals surface area contributed by atoms with E-state index in [4.69, 9.17) is 0 Å². The van der Waals surface area contributed by atoms with Gasteiger partial charge in [0.1, 0.15) is 5.69 Å². The Morgan fingerprint density at radius 1 is 1.03 bits per heavy atom. The molecule has 0 atom stereocenters. The van der Waals surface area contributed by atoms with Crippen molar-refractivity contribution in [1.82, 2.24) is 15.1 Å². The number of fused-ring (bicyclic) bond motifs is 1. The molecule has 1 aliphatic heterocycles. The fourth-order valence-electron chi connectivity index (χ4n) is 3.61. The Labute approximate surface area is 180 Å². The zero-order valence-electron chi connectivity index (χ0n) is 17.4. The van der Waals surface area contributed by atoms with Gasteiger partial charge < -0.3 is 10.2 Å². The predicted octanol–water partition coefficient (Wildman–Crippen LogP) is 2.46. The van der Waals surface area contributed by atoms with E-state index in [1.54, 1.807) is 4.90 Å². The molecule has 1 aliphatic rings. The number of aromatic nitrogens is 2. The minimum Gasteiger partial charge on any atom is -0.352 e. The van der Waals surface area contributed by atoms with Crippen LogP contribution in [-0.4, -0.2) is 28.1 Å². The van der Waals surface area contributed by atoms with Gasteiger partial charge >= 0.3 is 0 Å². The van der Waals surface area contributed by atoms with Crippen LogP contribution in [0.25, 0.3) is 0 Å². The second kappa shape index (κ2) is 8.95. The first-order chi connectivity index (χ1) is 15.0. The minimum atomic E-state index is -0.343. The fraction of sp³-hybridized carbons (Fsp3) is 0.250. The van der Waals surface area contributed by atoms with Crippen LogP contribution in [-0.2, 0) is 24.3 Å². The quantitative estimate of drug-likeness (QED) is 0.669. The standard InChI is InChI=1S/C24H24N4O3/c1-17-6-8-18(9-7-17)16-25-22(29)13-15-28-23(30)11-10-20(26-28)24(31)27-14-12-19-4-2-3-5-21(19)27/h2-11H,12-16H2,1H3,(H,25,29). The molecule has 31 heavy (non-hydrogen) atoms. The second-order valence-electron chi connectivity index (χ2n) is 7.63. The van der Waals surface area contributed by atoms with Crippen molar-refractivity contribution >= 4 is 17.5 Å². The summed E-state index contributed by atoms with van der Waals surface area (Å²) in [6.45, 7) is 3.12. The largest absolute Gasteiger partial charge is 0.352 e. The molecule has 3 aromatic rings. The topological polar surface area (TPSA) is 84.3 Å². The van der Waals surface area contributed by atoms with E-state index >= 15 is 0 Å². The Kier molecular flexibility index (Phi) is 5.93. The molecule has 2 heterocycles. The lowest BCUT2D eigenvalue weighted by atomic mass is 10.1. The Hall–Kier alpha value is -3.74. The van der Waals surface area contributed by atoms with E-state index in [0.717, 1.165) is 28.8 Å². The number of para-hydroxylation sites is 1. The lowest BCUT2D eigenvalue weighted by molar-refractivity contribution is -0.121. The minimum absolute atomic E-state index is 0.100. The number of anilines is 1. The van der Waals surface area contributed by atoms with Crippen LogP contribution >= 0.6 is 0 Å². The van der Waals surface area contributed by atoms with Gasteiger partial charge in [-0.1, -0.05) is 48.0 Å². The van der Waals surface area contributed by atoms with Crippen LogP contribution in [0, 0.1) is 6.92 Å². The Balaban J connectivity index is 1.39. The molecule has 7 heteroatoms. The number of amides is 2. The predicted molar refractivity (Wildman–Crippen MR) is 118 cm³/mol. The van der Waals surface area contributed by atoms with E-state index in [-0.39, 0.29) is 36.0 Å². The average molecular weight is 416 g/mol. The third kappa shape index (κ3) is 4.71. The van der Waals surface area contributed by atoms with Crippen molar-refractivity contribution in [2.45, 2.75) is 32.9 Å². The summed E-state index contributed by atoms with van der Waals surface area (Å²) in [5.41, 5.74) is 4.01. The van der Waals surface area contributed by atoms with Crippen LogP contribution in [0.5, 0.6) is 0 Å². The van der Waals surface area contributed by atoms with Gasteiger partial charge in [-0.3, -0.25) is 14.4 Å². The molecule has 2 aromatic carbocycles. The summed E-state index contributed by atoms with van der Waals surface area (Å²) in [5.74, 6) is -0.429. The first-order valence-corrected chi connectivity index (χ1v) is 10.3. The van der Waals surface area contributed by atoms with E-state index in [1.807, 2.05) is 55.5 Å². The van der Waals surface area contributed by atoms with Gasteiger partial charge in [-0.25, -0.2) is 4.68 Å². The summed E-state index contributed by atoms with van der Waals surface area (Å²) in [5, 5.41) is 7.07. The summed E-state index contributed by atoms with van der Waals surface area (Å²) in [4.78, 5) is 39.0. The molecule has 0 radical (unpaired) electrons. The van der Waals surface area contributed by atoms with E-state index < -0.39 is 0 Å². The molecule has 2 amide bonds. The summed E-state index contributed by atoms with van der Waals surface area (Å²) in [7, 11) is 0. The van der Waals surface area contributed by atoms with Gasteiger partial charge in [-0.15, -0.1) is 0 Å². The molecule has 0 spiro atoms. The Morgan fingerprint density at radius 2 is 1.81 bits per heavy atom. The van der Waals surface area contributed by atoms with Gasteiger partial charge in [0.2, 0.25) is 5.91 Å². The summed E-state index contributed by atoms with van der Waals surface area (Å²) in [6.07, 6.45) is 0.895. The number of aryl methyl sites for hydroxylation is 2. The summed E-state index contributed by atoms with van der Waals surface area (Å²) in [6, 6.07) is 18.5. The van der Waals surface area contributed by atoms with Crippen molar-refractivity contribution in [1.29, 1.82) is 0 Å². The molecule has 158 valence electrons. The molecule has 4 rings (SSSR count). The summed E-state index contributed by atoms with van der Waals surface area (Å²) < 4.78 is 1.18. The second-order valence-corrected chi connectivity index (χ2v) is 7.63. The molecule has 0 aliphatic carbocycles. The lowest BCUT2D eigenvalue weighted by Gasteiger charge is -2.17. The molecule has 1 N–H and O–H groups in total. The molecular weight excluding hydrogens is 392 g/mol. The van der Waals surface area contributed by atoms with Gasteiger partial charge in [0.05, 0.1) is 6.54 Å². The number of nitrogens with zero attached hydrogens (tertiary/aromatic N) is 3. The number of rotatable bonds is 6. The summed E-state index contributed by atoms with van der Waals surface area (Å²) >= 11 is 0.